The molecule has 0 bridgehead atoms. The number of para-hydroxylation sites is 1. The normalized spacial score (nSPS) is 14.6. The maximum absolute atomic E-state index is 12.1. The van der Waals surface area contributed by atoms with Crippen molar-refractivity contribution < 1.29 is 19.4 Å². The van der Waals surface area contributed by atoms with Crippen LogP contribution in [-0.2, 0) is 4.79 Å². The summed E-state index contributed by atoms with van der Waals surface area (Å²) in [6, 6.07) is 10.8. The van der Waals surface area contributed by atoms with E-state index in [0.29, 0.717) is 11.1 Å². The molecule has 3 rings (SSSR count). The number of benzene rings is 2. The average molecular weight is 297 g/mol. The van der Waals surface area contributed by atoms with Gasteiger partial charge in [-0.05, 0) is 29.8 Å². The molecule has 1 aliphatic heterocycles. The zero-order valence-corrected chi connectivity index (χ0v) is 12.2. The number of aromatic hydroxyl groups is 1. The SMILES string of the molecule is COc1cc(/C=C2\C(=O)Nc3ccccc32)cc(OC)c1O. The van der Waals surface area contributed by atoms with Crippen LogP contribution in [0.25, 0.3) is 11.6 Å². The second kappa shape index (κ2) is 5.44. The van der Waals surface area contributed by atoms with Crippen LogP contribution in [0.15, 0.2) is 36.4 Å². The van der Waals surface area contributed by atoms with Crippen LogP contribution in [0.2, 0.25) is 0 Å². The molecule has 0 radical (unpaired) electrons. The molecule has 5 heteroatoms. The first kappa shape index (κ1) is 14.0. The number of rotatable bonds is 3. The number of phenols is 1. The van der Waals surface area contributed by atoms with E-state index in [1.165, 1.54) is 14.2 Å². The van der Waals surface area contributed by atoms with Crippen molar-refractivity contribution in [3.05, 3.63) is 47.5 Å². The highest BCUT2D eigenvalue weighted by molar-refractivity contribution is 6.34. The minimum absolute atomic E-state index is 0.0663. The van der Waals surface area contributed by atoms with Gasteiger partial charge in [-0.1, -0.05) is 18.2 Å². The van der Waals surface area contributed by atoms with Gasteiger partial charge >= 0.3 is 0 Å². The number of fused-ring (bicyclic) bond motifs is 1. The number of anilines is 1. The predicted octanol–water partition coefficient (Wildman–Crippen LogP) is 2.90. The predicted molar refractivity (Wildman–Crippen MR) is 84.2 cm³/mol. The van der Waals surface area contributed by atoms with Gasteiger partial charge in [-0.3, -0.25) is 4.79 Å². The minimum atomic E-state index is -0.160. The second-order valence-corrected chi connectivity index (χ2v) is 4.83. The van der Waals surface area contributed by atoms with Crippen LogP contribution in [0.5, 0.6) is 17.2 Å². The molecule has 0 atom stereocenters. The highest BCUT2D eigenvalue weighted by Crippen LogP contribution is 2.39. The molecular weight excluding hydrogens is 282 g/mol. The Labute approximate surface area is 127 Å². The lowest BCUT2D eigenvalue weighted by Gasteiger charge is -2.09. The number of amides is 1. The number of carbonyl (C=O) groups is 1. The van der Waals surface area contributed by atoms with E-state index in [1.807, 2.05) is 24.3 Å². The number of phenolic OH excluding ortho intramolecular Hbond substituents is 1. The highest BCUT2D eigenvalue weighted by atomic mass is 16.5. The lowest BCUT2D eigenvalue weighted by molar-refractivity contribution is -0.110. The Hall–Kier alpha value is -2.95. The van der Waals surface area contributed by atoms with Crippen molar-refractivity contribution in [1.29, 1.82) is 0 Å². The van der Waals surface area contributed by atoms with Crippen LogP contribution in [0, 0.1) is 0 Å². The molecule has 0 aliphatic carbocycles. The summed E-state index contributed by atoms with van der Waals surface area (Å²) in [5.41, 5.74) is 2.90. The fourth-order valence-corrected chi connectivity index (χ4v) is 2.45. The molecule has 1 aliphatic rings. The second-order valence-electron chi connectivity index (χ2n) is 4.83. The number of methoxy groups -OCH3 is 2. The van der Waals surface area contributed by atoms with Crippen molar-refractivity contribution >= 4 is 23.2 Å². The zero-order chi connectivity index (χ0) is 15.7. The summed E-state index contributed by atoms with van der Waals surface area (Å²) < 4.78 is 10.3. The quantitative estimate of drug-likeness (QED) is 0.855. The fourth-order valence-electron chi connectivity index (χ4n) is 2.45. The van der Waals surface area contributed by atoms with Gasteiger partial charge in [-0.15, -0.1) is 0 Å². The van der Waals surface area contributed by atoms with Crippen LogP contribution in [0.4, 0.5) is 5.69 Å². The van der Waals surface area contributed by atoms with E-state index in [-0.39, 0.29) is 23.2 Å². The summed E-state index contributed by atoms with van der Waals surface area (Å²) in [6.07, 6.45) is 1.74. The third kappa shape index (κ3) is 2.26. The molecule has 0 saturated heterocycles. The Morgan fingerprint density at radius 1 is 1.09 bits per heavy atom. The Balaban J connectivity index is 2.11. The Morgan fingerprint density at radius 3 is 2.36 bits per heavy atom. The zero-order valence-electron chi connectivity index (χ0n) is 12.2. The van der Waals surface area contributed by atoms with Crippen LogP contribution in [0.1, 0.15) is 11.1 Å². The Bertz CT molecular complexity index is 755. The van der Waals surface area contributed by atoms with Crippen LogP contribution >= 0.6 is 0 Å². The summed E-state index contributed by atoms with van der Waals surface area (Å²) in [6.45, 7) is 0. The Morgan fingerprint density at radius 2 is 1.73 bits per heavy atom. The van der Waals surface area contributed by atoms with Gasteiger partial charge in [0.05, 0.1) is 14.2 Å². The molecule has 0 saturated carbocycles. The topological polar surface area (TPSA) is 67.8 Å². The summed E-state index contributed by atoms with van der Waals surface area (Å²) in [5, 5.41) is 12.8. The smallest absolute Gasteiger partial charge is 0.256 e. The number of ether oxygens (including phenoxy) is 2. The largest absolute Gasteiger partial charge is 0.502 e. The number of hydrogen-bond donors (Lipinski definition) is 2. The molecule has 2 aromatic rings. The van der Waals surface area contributed by atoms with E-state index >= 15 is 0 Å². The van der Waals surface area contributed by atoms with Crippen LogP contribution in [-0.4, -0.2) is 25.2 Å². The molecule has 1 heterocycles. The molecular formula is C17H15NO4. The molecule has 22 heavy (non-hydrogen) atoms. The molecule has 2 aromatic carbocycles. The minimum Gasteiger partial charge on any atom is -0.502 e. The van der Waals surface area contributed by atoms with E-state index in [1.54, 1.807) is 18.2 Å². The van der Waals surface area contributed by atoms with Crippen molar-refractivity contribution in [2.75, 3.05) is 19.5 Å². The average Bonchev–Trinajstić information content (AvgIpc) is 2.84. The lowest BCUT2D eigenvalue weighted by atomic mass is 10.0. The molecule has 5 nitrogen and oxygen atoms in total. The van der Waals surface area contributed by atoms with Gasteiger partial charge < -0.3 is 19.9 Å². The summed E-state index contributed by atoms with van der Waals surface area (Å²) in [5.74, 6) is 0.353. The highest BCUT2D eigenvalue weighted by Gasteiger charge is 2.23. The van der Waals surface area contributed by atoms with Crippen LogP contribution in [0.3, 0.4) is 0 Å². The molecule has 2 N–H and O–H groups in total. The summed E-state index contributed by atoms with van der Waals surface area (Å²) >= 11 is 0. The summed E-state index contributed by atoms with van der Waals surface area (Å²) in [4.78, 5) is 12.1. The third-order valence-corrected chi connectivity index (χ3v) is 3.52. The first-order chi connectivity index (χ1) is 10.6. The van der Waals surface area contributed by atoms with Crippen LogP contribution < -0.4 is 14.8 Å². The van der Waals surface area contributed by atoms with Gasteiger partial charge in [-0.25, -0.2) is 0 Å². The van der Waals surface area contributed by atoms with Gasteiger partial charge in [0.25, 0.3) is 5.91 Å². The van der Waals surface area contributed by atoms with Crippen molar-refractivity contribution in [2.24, 2.45) is 0 Å². The van der Waals surface area contributed by atoms with Gasteiger partial charge in [0.15, 0.2) is 11.5 Å². The van der Waals surface area contributed by atoms with E-state index in [0.717, 1.165) is 11.3 Å². The van der Waals surface area contributed by atoms with Crippen molar-refractivity contribution in [2.45, 2.75) is 0 Å². The number of nitrogens with one attached hydrogen (secondary N) is 1. The van der Waals surface area contributed by atoms with E-state index in [2.05, 4.69) is 5.32 Å². The van der Waals surface area contributed by atoms with Gasteiger partial charge in [0.2, 0.25) is 5.75 Å². The van der Waals surface area contributed by atoms with E-state index in [4.69, 9.17) is 9.47 Å². The Kier molecular flexibility index (Phi) is 3.47. The van der Waals surface area contributed by atoms with Gasteiger partial charge in [-0.2, -0.15) is 0 Å². The summed E-state index contributed by atoms with van der Waals surface area (Å²) in [7, 11) is 2.92. The number of hydrogen-bond acceptors (Lipinski definition) is 4. The number of carbonyl (C=O) groups excluding carboxylic acids is 1. The fraction of sp³-hybridized carbons (Fsp3) is 0.118. The molecule has 1 amide bonds. The van der Waals surface area contributed by atoms with E-state index < -0.39 is 0 Å². The monoisotopic (exact) mass is 297 g/mol. The van der Waals surface area contributed by atoms with E-state index in [9.17, 15) is 9.90 Å². The van der Waals surface area contributed by atoms with Gasteiger partial charge in [0, 0.05) is 16.8 Å². The maximum atomic E-state index is 12.1. The van der Waals surface area contributed by atoms with Crippen molar-refractivity contribution in [3.63, 3.8) is 0 Å². The van der Waals surface area contributed by atoms with Crippen molar-refractivity contribution in [3.8, 4) is 17.2 Å². The lowest BCUT2D eigenvalue weighted by Crippen LogP contribution is -2.03. The molecule has 0 unspecified atom stereocenters. The molecule has 0 spiro atoms. The molecule has 0 aromatic heterocycles. The van der Waals surface area contributed by atoms with Crippen molar-refractivity contribution in [1.82, 2.24) is 0 Å². The molecule has 0 fully saturated rings. The van der Waals surface area contributed by atoms with Gasteiger partial charge in [0.1, 0.15) is 0 Å². The first-order valence-electron chi connectivity index (χ1n) is 6.71. The molecule has 112 valence electrons. The first-order valence-corrected chi connectivity index (χ1v) is 6.71. The third-order valence-electron chi connectivity index (χ3n) is 3.52. The standard InChI is InChI=1S/C17H15NO4/c1-21-14-8-10(9-15(22-2)16(14)19)7-12-11-5-3-4-6-13(11)18-17(12)20/h3-9,19H,1-2H3,(H,18,20)/b12-7-. The maximum Gasteiger partial charge on any atom is 0.256 e.